The van der Waals surface area contributed by atoms with Crippen molar-refractivity contribution in [3.05, 3.63) is 47.1 Å². The highest BCUT2D eigenvalue weighted by atomic mass is 16.7. The van der Waals surface area contributed by atoms with Gasteiger partial charge in [-0.1, -0.05) is 49.8 Å². The minimum Gasteiger partial charge on any atom is -0.481 e. The largest absolute Gasteiger partial charge is 0.481 e. The summed E-state index contributed by atoms with van der Waals surface area (Å²) in [5.41, 5.74) is 0.481. The molecule has 4 rings (SSSR count). The summed E-state index contributed by atoms with van der Waals surface area (Å²) < 4.78 is 30.6. The molecule has 10 heteroatoms. The van der Waals surface area contributed by atoms with E-state index in [1.165, 1.54) is 5.57 Å². The lowest BCUT2D eigenvalue weighted by atomic mass is 9.71. The van der Waals surface area contributed by atoms with Gasteiger partial charge in [0.2, 0.25) is 0 Å². The molecule has 9 atom stereocenters. The zero-order chi connectivity index (χ0) is 33.6. The molecular formula is C36H52O10. The summed E-state index contributed by atoms with van der Waals surface area (Å²) in [7, 11) is 1.54. The van der Waals surface area contributed by atoms with Gasteiger partial charge in [-0.3, -0.25) is 14.4 Å². The number of ether oxygens (including phenoxy) is 5. The van der Waals surface area contributed by atoms with Crippen molar-refractivity contribution in [3.8, 4) is 0 Å². The zero-order valence-electron chi connectivity index (χ0n) is 28.2. The molecule has 0 aromatic heterocycles. The van der Waals surface area contributed by atoms with Gasteiger partial charge in [-0.25, -0.2) is 0 Å². The molecule has 10 nitrogen and oxygen atoms in total. The second kappa shape index (κ2) is 15.4. The monoisotopic (exact) mass is 644 g/mol. The summed E-state index contributed by atoms with van der Waals surface area (Å²) in [6.45, 7) is 9.94. The Morgan fingerprint density at radius 1 is 1.09 bits per heavy atom. The molecule has 46 heavy (non-hydrogen) atoms. The molecule has 3 aliphatic heterocycles. The molecule has 256 valence electrons. The van der Waals surface area contributed by atoms with Crippen LogP contribution in [0, 0.1) is 17.8 Å². The first-order chi connectivity index (χ1) is 21.7. The van der Waals surface area contributed by atoms with E-state index in [-0.39, 0.29) is 44.0 Å². The molecule has 2 N–H and O–H groups in total. The standard InChI is InChI=1S/C36H52O10/c1-22-8-7-9-27(21-43-33(39)13-12-32(37)38)36(41)20-31(42-6)25(4)17-30(36)34(40)44-29-18-28(11-10-23(2)16-22)46-35(19-29)15-14-24(3)26(5)45-35/h7-10,17,22,24,26,28-31,41H,11-16,18-21H2,1-6H3,(H,37,38)/b8-7+,23-10+,27-9+/t22-,24-,26+,28+,29-,30?,31-,35-,36+/m0/s1. The number of fused-ring (bicyclic) bond motifs is 3. The number of methoxy groups -OCH3 is 1. The maximum atomic E-state index is 14.2. The maximum Gasteiger partial charge on any atom is 0.316 e. The Morgan fingerprint density at radius 3 is 2.54 bits per heavy atom. The molecule has 2 bridgehead atoms. The summed E-state index contributed by atoms with van der Waals surface area (Å²) in [6, 6.07) is 0. The van der Waals surface area contributed by atoms with Crippen LogP contribution in [-0.4, -0.2) is 77.6 Å². The van der Waals surface area contributed by atoms with Crippen LogP contribution in [0.4, 0.5) is 0 Å². The first kappa shape index (κ1) is 36.1. The van der Waals surface area contributed by atoms with Crippen LogP contribution in [-0.2, 0) is 38.1 Å². The van der Waals surface area contributed by atoms with Gasteiger partial charge in [0.25, 0.3) is 0 Å². The number of rotatable bonds is 6. The Morgan fingerprint density at radius 2 is 1.85 bits per heavy atom. The number of carbonyl (C=O) groups is 3. The first-order valence-corrected chi connectivity index (χ1v) is 16.6. The highest BCUT2D eigenvalue weighted by Crippen LogP contribution is 2.45. The van der Waals surface area contributed by atoms with E-state index in [1.54, 1.807) is 19.3 Å². The number of hydrogen-bond donors (Lipinski definition) is 2. The van der Waals surface area contributed by atoms with Gasteiger partial charge in [-0.2, -0.15) is 0 Å². The van der Waals surface area contributed by atoms with Gasteiger partial charge >= 0.3 is 17.9 Å². The summed E-state index contributed by atoms with van der Waals surface area (Å²) in [6.07, 6.45) is 11.6. The molecule has 1 unspecified atom stereocenters. The van der Waals surface area contributed by atoms with E-state index in [0.717, 1.165) is 18.4 Å². The molecule has 0 aromatic carbocycles. The fourth-order valence-corrected chi connectivity index (χ4v) is 7.08. The Bertz CT molecular complexity index is 1250. The Balaban J connectivity index is 1.72. The van der Waals surface area contributed by atoms with Crippen LogP contribution in [0.3, 0.4) is 0 Å². The smallest absolute Gasteiger partial charge is 0.316 e. The molecule has 0 amide bonds. The van der Waals surface area contributed by atoms with E-state index in [9.17, 15) is 19.5 Å². The van der Waals surface area contributed by atoms with Gasteiger partial charge in [0.05, 0.1) is 31.2 Å². The highest BCUT2D eigenvalue weighted by molar-refractivity contribution is 5.78. The van der Waals surface area contributed by atoms with Crippen LogP contribution < -0.4 is 0 Å². The summed E-state index contributed by atoms with van der Waals surface area (Å²) >= 11 is 0. The average molecular weight is 645 g/mol. The van der Waals surface area contributed by atoms with Crippen LogP contribution in [0.25, 0.3) is 0 Å². The number of carbonyl (C=O) groups excluding carboxylic acids is 2. The second-order valence-electron chi connectivity index (χ2n) is 13.8. The molecule has 2 saturated heterocycles. The Kier molecular flexibility index (Phi) is 12.1. The number of aliphatic carboxylic acids is 1. The van der Waals surface area contributed by atoms with Gasteiger partial charge in [0, 0.05) is 32.8 Å². The van der Waals surface area contributed by atoms with Crippen molar-refractivity contribution < 1.29 is 48.3 Å². The van der Waals surface area contributed by atoms with E-state index in [4.69, 9.17) is 28.8 Å². The van der Waals surface area contributed by atoms with Crippen LogP contribution in [0.1, 0.15) is 92.4 Å². The SMILES string of the molecule is CO[C@H]1C[C@@]2(O)/C(COC(=O)CCC(=O)O)=C/C=C/[C@H](C)C/C(C)=C/C[C@@H]3C[C@@H](C[C@]4(CC[C@H](C)[C@@H](C)O4)O3)OC(=O)C2C=C1C. The van der Waals surface area contributed by atoms with Crippen molar-refractivity contribution >= 4 is 17.9 Å². The minimum absolute atomic E-state index is 0.00229. The van der Waals surface area contributed by atoms with Crippen molar-refractivity contribution in [1.29, 1.82) is 0 Å². The zero-order valence-corrected chi connectivity index (χ0v) is 28.2. The van der Waals surface area contributed by atoms with E-state index in [2.05, 4.69) is 33.8 Å². The van der Waals surface area contributed by atoms with Gasteiger partial charge in [-0.05, 0) is 63.0 Å². The number of hydrogen-bond acceptors (Lipinski definition) is 9. The number of aliphatic hydroxyl groups is 1. The molecule has 0 aromatic rings. The maximum absolute atomic E-state index is 14.2. The van der Waals surface area contributed by atoms with E-state index in [1.807, 2.05) is 19.1 Å². The molecule has 3 heterocycles. The van der Waals surface area contributed by atoms with Crippen LogP contribution in [0.5, 0.6) is 0 Å². The summed E-state index contributed by atoms with van der Waals surface area (Å²) in [5, 5.41) is 21.4. The topological polar surface area (TPSA) is 138 Å². The lowest BCUT2D eigenvalue weighted by molar-refractivity contribution is -0.332. The lowest BCUT2D eigenvalue weighted by Gasteiger charge is -2.49. The predicted octanol–water partition coefficient (Wildman–Crippen LogP) is 5.59. The molecule has 0 radical (unpaired) electrons. The summed E-state index contributed by atoms with van der Waals surface area (Å²) in [5.74, 6) is -3.82. The highest BCUT2D eigenvalue weighted by Gasteiger charge is 2.52. The third kappa shape index (κ3) is 8.97. The van der Waals surface area contributed by atoms with Crippen molar-refractivity contribution in [2.45, 2.75) is 128 Å². The second-order valence-corrected chi connectivity index (χ2v) is 13.8. The quantitative estimate of drug-likeness (QED) is 0.278. The van der Waals surface area contributed by atoms with Crippen molar-refractivity contribution in [1.82, 2.24) is 0 Å². The van der Waals surface area contributed by atoms with Crippen molar-refractivity contribution in [2.24, 2.45) is 17.8 Å². The fourth-order valence-electron chi connectivity index (χ4n) is 7.08. The van der Waals surface area contributed by atoms with Crippen molar-refractivity contribution in [2.75, 3.05) is 13.7 Å². The normalized spacial score (nSPS) is 40.3. The number of allylic oxidation sites excluding steroid dienone is 4. The number of carboxylic acids is 1. The summed E-state index contributed by atoms with van der Waals surface area (Å²) in [4.78, 5) is 37.6. The molecule has 2 fully saturated rings. The van der Waals surface area contributed by atoms with Gasteiger partial charge in [0.15, 0.2) is 5.79 Å². The van der Waals surface area contributed by atoms with Crippen LogP contribution in [0.2, 0.25) is 0 Å². The van der Waals surface area contributed by atoms with Gasteiger partial charge in [0.1, 0.15) is 24.2 Å². The molecule has 0 saturated carbocycles. The molecule has 1 aliphatic carbocycles. The van der Waals surface area contributed by atoms with Crippen LogP contribution >= 0.6 is 0 Å². The lowest BCUT2D eigenvalue weighted by Crippen LogP contribution is -2.55. The van der Waals surface area contributed by atoms with E-state index >= 15 is 0 Å². The van der Waals surface area contributed by atoms with E-state index < -0.39 is 47.4 Å². The average Bonchev–Trinajstić information content (AvgIpc) is 2.99. The third-order valence-electron chi connectivity index (χ3n) is 10.00. The van der Waals surface area contributed by atoms with Gasteiger partial charge in [-0.15, -0.1) is 0 Å². The molecule has 4 aliphatic rings. The van der Waals surface area contributed by atoms with Gasteiger partial charge < -0.3 is 33.9 Å². The first-order valence-electron chi connectivity index (χ1n) is 16.6. The number of esters is 2. The number of carboxylic acid groups (broad SMARTS) is 1. The predicted molar refractivity (Wildman–Crippen MR) is 170 cm³/mol. The van der Waals surface area contributed by atoms with Crippen molar-refractivity contribution in [3.63, 3.8) is 0 Å². The molecule has 1 spiro atoms. The van der Waals surface area contributed by atoms with Crippen LogP contribution in [0.15, 0.2) is 47.1 Å². The van der Waals surface area contributed by atoms with E-state index in [0.29, 0.717) is 37.2 Å². The Labute approximate surface area is 272 Å². The third-order valence-corrected chi connectivity index (χ3v) is 10.00. The Hall–Kier alpha value is -2.79. The molecular weight excluding hydrogens is 592 g/mol. The fraction of sp³-hybridized carbons (Fsp3) is 0.694. The minimum atomic E-state index is -1.81.